The summed E-state index contributed by atoms with van der Waals surface area (Å²) < 4.78 is 28.5. The summed E-state index contributed by atoms with van der Waals surface area (Å²) in [5.74, 6) is 0.670. The van der Waals surface area contributed by atoms with E-state index in [1.165, 1.54) is 67.5 Å². The van der Waals surface area contributed by atoms with Crippen molar-refractivity contribution in [2.45, 2.75) is 0 Å². The Kier molecular flexibility index (Phi) is 10.8. The number of para-hydroxylation sites is 1. The average molecular weight is 979 g/mol. The van der Waals surface area contributed by atoms with Crippen LogP contribution in [0.5, 0.6) is 0 Å². The molecule has 0 aliphatic rings. The fourth-order valence-electron chi connectivity index (χ4n) is 11.2. The third kappa shape index (κ3) is 7.83. The number of benzene rings is 12. The number of rotatable bonds is 10. The number of fused-ring (bicyclic) bond motifs is 2. The first kappa shape index (κ1) is 44.6. The highest BCUT2D eigenvalue weighted by Crippen LogP contribution is 2.50. The molecule has 4 nitrogen and oxygen atoms in total. The molecule has 0 fully saturated rings. The first-order valence-corrected chi connectivity index (χ1v) is 25.4. The van der Waals surface area contributed by atoms with Crippen LogP contribution in [0.1, 0.15) is 0 Å². The molecule has 0 atom stereocenters. The third-order valence-electron chi connectivity index (χ3n) is 14.8. The van der Waals surface area contributed by atoms with Gasteiger partial charge >= 0.3 is 0 Å². The van der Waals surface area contributed by atoms with Crippen LogP contribution in [0.4, 0.5) is 43.2 Å². The quantitative estimate of drug-likeness (QED) is 0.128. The van der Waals surface area contributed by atoms with Gasteiger partial charge in [0, 0.05) is 28.9 Å². The van der Waals surface area contributed by atoms with Gasteiger partial charge < -0.3 is 0 Å². The molecule has 14 rings (SSSR count). The highest BCUT2D eigenvalue weighted by molar-refractivity contribution is 6.32. The molecule has 0 amide bonds. The van der Waals surface area contributed by atoms with E-state index < -0.39 is 0 Å². The molecule has 0 radical (unpaired) electrons. The Morgan fingerprint density at radius 2 is 0.671 bits per heavy atom. The molecule has 358 valence electrons. The van der Waals surface area contributed by atoms with Gasteiger partial charge in [0.1, 0.15) is 23.3 Å². The van der Waals surface area contributed by atoms with Crippen molar-refractivity contribution >= 4 is 88.2 Å². The molecule has 2 heterocycles. The molecular weight excluding hydrogens is 935 g/mol. The minimum absolute atomic E-state index is 0.294. The Labute approximate surface area is 438 Å². The van der Waals surface area contributed by atoms with E-state index in [4.69, 9.17) is 4.98 Å². The van der Waals surface area contributed by atoms with E-state index in [2.05, 4.69) is 185 Å². The summed E-state index contributed by atoms with van der Waals surface area (Å²) in [7, 11) is 0. The highest BCUT2D eigenvalue weighted by Gasteiger charge is 2.23. The van der Waals surface area contributed by atoms with Crippen molar-refractivity contribution in [3.05, 3.63) is 279 Å². The number of aromatic nitrogens is 2. The van der Waals surface area contributed by atoms with Gasteiger partial charge in [-0.15, -0.1) is 0 Å². The van der Waals surface area contributed by atoms with E-state index in [1.54, 1.807) is 24.4 Å². The molecule has 14 aromatic rings. The second kappa shape index (κ2) is 18.5. The Balaban J connectivity index is 1.01. The lowest BCUT2D eigenvalue weighted by atomic mass is 9.81. The van der Waals surface area contributed by atoms with Crippen LogP contribution in [0.2, 0.25) is 0 Å². The maximum atomic E-state index is 14.3. The summed E-state index contributed by atoms with van der Waals surface area (Å²) in [4.78, 5) is 13.3. The Morgan fingerprint density at radius 3 is 1.13 bits per heavy atom. The molecular formula is C70H44F2N4. The Bertz CT molecular complexity index is 4160. The van der Waals surface area contributed by atoms with Crippen molar-refractivity contribution in [2.24, 2.45) is 0 Å². The maximum Gasteiger partial charge on any atom is 0.141 e. The normalized spacial score (nSPS) is 11.6. The fraction of sp³-hybridized carbons (Fsp3) is 0. The highest BCUT2D eigenvalue weighted by atomic mass is 19.1. The number of nitrogens with zero attached hydrogens (tertiary/aromatic N) is 4. The van der Waals surface area contributed by atoms with Crippen LogP contribution in [-0.4, -0.2) is 9.97 Å². The van der Waals surface area contributed by atoms with Crippen LogP contribution in [-0.2, 0) is 0 Å². The van der Waals surface area contributed by atoms with Crippen molar-refractivity contribution in [3.8, 4) is 44.5 Å². The van der Waals surface area contributed by atoms with Crippen LogP contribution in [0, 0.1) is 11.6 Å². The number of pyridine rings is 2. The summed E-state index contributed by atoms with van der Waals surface area (Å²) in [6.07, 6.45) is 3.04. The molecule has 76 heavy (non-hydrogen) atoms. The Hall–Kier alpha value is -10.0. The van der Waals surface area contributed by atoms with Gasteiger partial charge in [-0.1, -0.05) is 146 Å². The van der Waals surface area contributed by atoms with Gasteiger partial charge in [-0.25, -0.2) is 18.7 Å². The van der Waals surface area contributed by atoms with E-state index in [9.17, 15) is 8.78 Å². The van der Waals surface area contributed by atoms with E-state index in [0.29, 0.717) is 5.82 Å². The van der Waals surface area contributed by atoms with Crippen molar-refractivity contribution in [2.75, 3.05) is 9.80 Å². The smallest absolute Gasteiger partial charge is 0.141 e. The predicted octanol–water partition coefficient (Wildman–Crippen LogP) is 19.6. The number of hydrogen-bond donors (Lipinski definition) is 0. The zero-order valence-corrected chi connectivity index (χ0v) is 40.9. The topological polar surface area (TPSA) is 32.3 Å². The lowest BCUT2D eigenvalue weighted by Gasteiger charge is -2.25. The SMILES string of the molecule is Fc1ccc(N(c2ccc(-c3cc(-c4ccc5ccccc5c4)c4ccc5c(-c6ccc(N(c7ccccc7)c7ccc(F)cn7)cc6)cc(-c6ccc7ccccc7c6)c6ccc3c4c56)cc2)c2ccccn2)cc1. The van der Waals surface area contributed by atoms with Gasteiger partial charge in [-0.05, 0) is 208 Å². The largest absolute Gasteiger partial charge is 0.295 e. The molecule has 0 N–H and O–H groups in total. The van der Waals surface area contributed by atoms with Crippen LogP contribution >= 0.6 is 0 Å². The molecule has 6 heteroatoms. The molecule has 0 saturated heterocycles. The van der Waals surface area contributed by atoms with Gasteiger partial charge in [0.2, 0.25) is 0 Å². The average Bonchev–Trinajstić information content (AvgIpc) is 3.49. The van der Waals surface area contributed by atoms with Gasteiger partial charge in [0.25, 0.3) is 0 Å². The summed E-state index contributed by atoms with van der Waals surface area (Å²) in [6, 6.07) is 87.6. The molecule has 0 spiro atoms. The summed E-state index contributed by atoms with van der Waals surface area (Å²) in [5.41, 5.74) is 12.4. The predicted molar refractivity (Wildman–Crippen MR) is 312 cm³/mol. The van der Waals surface area contributed by atoms with Crippen LogP contribution in [0.25, 0.3) is 98.4 Å². The first-order valence-electron chi connectivity index (χ1n) is 25.4. The number of halogens is 2. The molecule has 0 aliphatic carbocycles. The molecule has 0 aliphatic heterocycles. The van der Waals surface area contributed by atoms with Crippen molar-refractivity contribution in [1.29, 1.82) is 0 Å². The van der Waals surface area contributed by atoms with Crippen molar-refractivity contribution < 1.29 is 8.78 Å². The standard InChI is InChI=1S/C70H44F2N4/c71-53-25-32-58(33-26-53)76(67-16-8-9-39-73-67)57-30-23-48(24-31-57)64-43-66(52-20-18-46-11-5-7-13-50(46)41-52)62-36-34-59-63(47-21-28-56(29-22-47)75(55-14-2-1-3-15-55)68-38-27-54(72)44-74-68)42-65(61-37-35-60(64)70(62)69(59)61)51-19-17-45-10-4-6-12-49(45)40-51/h1-44H. The molecule has 0 bridgehead atoms. The monoisotopic (exact) mass is 978 g/mol. The van der Waals surface area contributed by atoms with Gasteiger partial charge in [-0.3, -0.25) is 9.80 Å². The van der Waals surface area contributed by atoms with Crippen LogP contribution in [0.15, 0.2) is 267 Å². The zero-order valence-electron chi connectivity index (χ0n) is 40.9. The van der Waals surface area contributed by atoms with E-state index in [0.717, 1.165) is 83.8 Å². The van der Waals surface area contributed by atoms with Gasteiger partial charge in [0.05, 0.1) is 6.20 Å². The minimum Gasteiger partial charge on any atom is -0.295 e. The van der Waals surface area contributed by atoms with Gasteiger partial charge in [-0.2, -0.15) is 0 Å². The minimum atomic E-state index is -0.385. The van der Waals surface area contributed by atoms with Gasteiger partial charge in [0.15, 0.2) is 0 Å². The van der Waals surface area contributed by atoms with Crippen molar-refractivity contribution in [1.82, 2.24) is 9.97 Å². The molecule has 12 aromatic carbocycles. The van der Waals surface area contributed by atoms with E-state index >= 15 is 0 Å². The summed E-state index contributed by atoms with van der Waals surface area (Å²) >= 11 is 0. The lowest BCUT2D eigenvalue weighted by Crippen LogP contribution is -2.11. The van der Waals surface area contributed by atoms with Crippen LogP contribution < -0.4 is 9.80 Å². The van der Waals surface area contributed by atoms with Crippen LogP contribution in [0.3, 0.4) is 0 Å². The van der Waals surface area contributed by atoms with E-state index in [1.807, 2.05) is 48.5 Å². The van der Waals surface area contributed by atoms with E-state index in [-0.39, 0.29) is 11.6 Å². The number of anilines is 6. The fourth-order valence-corrected chi connectivity index (χ4v) is 11.2. The molecule has 0 unspecified atom stereocenters. The first-order chi connectivity index (χ1) is 37.5. The maximum absolute atomic E-state index is 14.3. The summed E-state index contributed by atoms with van der Waals surface area (Å²) in [5, 5.41) is 11.8. The molecule has 0 saturated carbocycles. The molecule has 2 aromatic heterocycles. The summed E-state index contributed by atoms with van der Waals surface area (Å²) in [6.45, 7) is 0. The third-order valence-corrected chi connectivity index (χ3v) is 14.8. The zero-order chi connectivity index (χ0) is 50.7. The van der Waals surface area contributed by atoms with Crippen molar-refractivity contribution in [3.63, 3.8) is 0 Å². The second-order valence-electron chi connectivity index (χ2n) is 19.2. The number of hydrogen-bond acceptors (Lipinski definition) is 4. The Morgan fingerprint density at radius 1 is 0.276 bits per heavy atom. The lowest BCUT2D eigenvalue weighted by molar-refractivity contribution is 0.621. The second-order valence-corrected chi connectivity index (χ2v) is 19.2.